The van der Waals surface area contributed by atoms with Crippen LogP contribution >= 0.6 is 0 Å². The Kier molecular flexibility index (Phi) is 5.20. The maximum Gasteiger partial charge on any atom is 0.345 e. The van der Waals surface area contributed by atoms with E-state index in [4.69, 9.17) is 0 Å². The van der Waals surface area contributed by atoms with Gasteiger partial charge in [-0.1, -0.05) is 12.1 Å². The predicted molar refractivity (Wildman–Crippen MR) is 109 cm³/mol. The fourth-order valence-corrected chi connectivity index (χ4v) is 4.01. The van der Waals surface area contributed by atoms with Crippen molar-refractivity contribution in [3.63, 3.8) is 0 Å². The van der Waals surface area contributed by atoms with Crippen LogP contribution < -0.4 is 10.9 Å². The van der Waals surface area contributed by atoms with Crippen molar-refractivity contribution >= 4 is 28.9 Å². The zero-order valence-electron chi connectivity index (χ0n) is 16.6. The fraction of sp³-hybridized carbons (Fsp3) is 0.400. The van der Waals surface area contributed by atoms with Crippen molar-refractivity contribution in [2.24, 2.45) is 0 Å². The summed E-state index contributed by atoms with van der Waals surface area (Å²) in [6.45, 7) is 4.35. The molecule has 0 bridgehead atoms. The van der Waals surface area contributed by atoms with Gasteiger partial charge in [-0.25, -0.2) is 20.2 Å². The van der Waals surface area contributed by atoms with Gasteiger partial charge in [0.1, 0.15) is 12.9 Å². The molecule has 0 radical (unpaired) electrons. The lowest BCUT2D eigenvalue weighted by Crippen LogP contribution is -2.48. The molecule has 2 unspecified atom stereocenters. The summed E-state index contributed by atoms with van der Waals surface area (Å²) < 4.78 is 3.11. The number of anilines is 1. The standard InChI is InChI=1S/C20H25N7O2/c1-14-6-5-7-15(2)27(14)18(28)12-26-17-9-4-3-8-16(17)22-19(26)23-24-20(29)25-11-10-21-13-25/h3-4,8-11,13-15H,5-7,12H2,1-2H3,(H,22,23)(H,24,29). The average Bonchev–Trinajstić information content (AvgIpc) is 3.35. The molecule has 1 aromatic carbocycles. The van der Waals surface area contributed by atoms with Gasteiger partial charge >= 0.3 is 6.03 Å². The predicted octanol–water partition coefficient (Wildman–Crippen LogP) is 2.61. The van der Waals surface area contributed by atoms with Crippen LogP contribution in [0.25, 0.3) is 11.0 Å². The number of hydrazine groups is 1. The summed E-state index contributed by atoms with van der Waals surface area (Å²) in [4.78, 5) is 35.7. The Balaban J connectivity index is 1.58. The van der Waals surface area contributed by atoms with Crippen LogP contribution in [0.15, 0.2) is 43.0 Å². The Labute approximate surface area is 168 Å². The number of fused-ring (bicyclic) bond motifs is 1. The number of rotatable bonds is 4. The van der Waals surface area contributed by atoms with Crippen molar-refractivity contribution in [3.8, 4) is 0 Å². The van der Waals surface area contributed by atoms with Gasteiger partial charge in [-0.05, 0) is 45.2 Å². The number of nitrogens with one attached hydrogen (secondary N) is 2. The molecule has 29 heavy (non-hydrogen) atoms. The first kappa shape index (κ1) is 19.0. The van der Waals surface area contributed by atoms with Crippen molar-refractivity contribution in [1.82, 2.24) is 29.4 Å². The van der Waals surface area contributed by atoms with Crippen molar-refractivity contribution in [1.29, 1.82) is 0 Å². The van der Waals surface area contributed by atoms with E-state index in [1.165, 1.54) is 17.1 Å². The molecular weight excluding hydrogens is 370 g/mol. The highest BCUT2D eigenvalue weighted by atomic mass is 16.2. The number of hydrogen-bond donors (Lipinski definition) is 2. The highest BCUT2D eigenvalue weighted by molar-refractivity contribution is 5.84. The second kappa shape index (κ2) is 7.94. The average molecular weight is 395 g/mol. The Hall–Kier alpha value is -3.36. The third kappa shape index (κ3) is 3.80. The highest BCUT2D eigenvalue weighted by Gasteiger charge is 2.29. The number of piperidine rings is 1. The van der Waals surface area contributed by atoms with E-state index in [-0.39, 0.29) is 24.5 Å². The molecule has 2 N–H and O–H groups in total. The highest BCUT2D eigenvalue weighted by Crippen LogP contribution is 2.25. The van der Waals surface area contributed by atoms with E-state index in [0.29, 0.717) is 5.95 Å². The summed E-state index contributed by atoms with van der Waals surface area (Å²) in [5, 5.41) is 0. The number of benzene rings is 1. The normalized spacial score (nSPS) is 19.3. The first-order valence-electron chi connectivity index (χ1n) is 9.85. The summed E-state index contributed by atoms with van der Waals surface area (Å²) in [5.41, 5.74) is 7.03. The third-order valence-corrected chi connectivity index (χ3v) is 5.45. The van der Waals surface area contributed by atoms with Crippen LogP contribution in [0.3, 0.4) is 0 Å². The third-order valence-electron chi connectivity index (χ3n) is 5.45. The Morgan fingerprint density at radius 2 is 1.93 bits per heavy atom. The van der Waals surface area contributed by atoms with E-state index < -0.39 is 6.03 Å². The van der Waals surface area contributed by atoms with Gasteiger partial charge in [0.15, 0.2) is 0 Å². The van der Waals surface area contributed by atoms with Crippen LogP contribution in [0.4, 0.5) is 10.7 Å². The number of imidazole rings is 2. The molecule has 9 nitrogen and oxygen atoms in total. The lowest BCUT2D eigenvalue weighted by atomic mass is 9.97. The van der Waals surface area contributed by atoms with Gasteiger partial charge in [-0.2, -0.15) is 0 Å². The van der Waals surface area contributed by atoms with Gasteiger partial charge in [0.05, 0.1) is 11.0 Å². The molecule has 2 aromatic heterocycles. The SMILES string of the molecule is CC1CCCC(C)N1C(=O)Cn1c(NNC(=O)n2ccnc2)nc2ccccc21. The van der Waals surface area contributed by atoms with Crippen molar-refractivity contribution in [3.05, 3.63) is 43.0 Å². The molecule has 0 aliphatic carbocycles. The molecule has 2 amide bonds. The van der Waals surface area contributed by atoms with E-state index in [9.17, 15) is 9.59 Å². The van der Waals surface area contributed by atoms with Crippen LogP contribution in [0, 0.1) is 0 Å². The molecule has 3 aromatic rings. The van der Waals surface area contributed by atoms with Gasteiger partial charge in [-0.3, -0.25) is 19.4 Å². The summed E-state index contributed by atoms with van der Waals surface area (Å²) >= 11 is 0. The van der Waals surface area contributed by atoms with Crippen LogP contribution in [0.1, 0.15) is 33.1 Å². The molecule has 152 valence electrons. The second-order valence-electron chi connectivity index (χ2n) is 7.47. The minimum Gasteiger partial charge on any atom is -0.336 e. The molecule has 9 heteroatoms. The smallest absolute Gasteiger partial charge is 0.336 e. The van der Waals surface area contributed by atoms with Gasteiger partial charge in [-0.15, -0.1) is 0 Å². The molecule has 1 fully saturated rings. The Morgan fingerprint density at radius 1 is 1.17 bits per heavy atom. The topological polar surface area (TPSA) is 97.1 Å². The molecule has 1 saturated heterocycles. The molecule has 3 heterocycles. The van der Waals surface area contributed by atoms with E-state index in [0.717, 1.165) is 30.3 Å². The second-order valence-corrected chi connectivity index (χ2v) is 7.47. The number of likely N-dealkylation sites (tertiary alicyclic amines) is 1. The molecule has 2 atom stereocenters. The molecule has 4 rings (SSSR count). The number of carbonyl (C=O) groups excluding carboxylic acids is 2. The van der Waals surface area contributed by atoms with Gasteiger partial charge < -0.3 is 4.90 Å². The lowest BCUT2D eigenvalue weighted by molar-refractivity contribution is -0.137. The van der Waals surface area contributed by atoms with E-state index >= 15 is 0 Å². The van der Waals surface area contributed by atoms with E-state index in [1.54, 1.807) is 10.8 Å². The molecule has 0 spiro atoms. The van der Waals surface area contributed by atoms with Crippen LogP contribution in [-0.2, 0) is 11.3 Å². The molecule has 0 saturated carbocycles. The molecule has 1 aliphatic heterocycles. The van der Waals surface area contributed by atoms with Crippen molar-refractivity contribution < 1.29 is 9.59 Å². The summed E-state index contributed by atoms with van der Waals surface area (Å²) in [6.07, 6.45) is 7.66. The van der Waals surface area contributed by atoms with Crippen molar-refractivity contribution in [2.45, 2.75) is 51.7 Å². The monoisotopic (exact) mass is 395 g/mol. The van der Waals surface area contributed by atoms with E-state index in [1.807, 2.05) is 29.2 Å². The lowest BCUT2D eigenvalue weighted by Gasteiger charge is -2.39. The number of amides is 2. The zero-order valence-corrected chi connectivity index (χ0v) is 16.6. The quantitative estimate of drug-likeness (QED) is 0.662. The molecular formula is C20H25N7O2. The minimum absolute atomic E-state index is 0.0526. The first-order chi connectivity index (χ1) is 14.0. The van der Waals surface area contributed by atoms with Crippen LogP contribution in [0.2, 0.25) is 0 Å². The summed E-state index contributed by atoms with van der Waals surface area (Å²) in [5.74, 6) is 0.460. The number of nitrogens with zero attached hydrogens (tertiary/aromatic N) is 5. The number of hydrogen-bond acceptors (Lipinski definition) is 5. The molecule has 1 aliphatic rings. The maximum absolute atomic E-state index is 13.2. The number of aromatic nitrogens is 4. The fourth-order valence-electron chi connectivity index (χ4n) is 4.01. The van der Waals surface area contributed by atoms with Gasteiger partial charge in [0.25, 0.3) is 0 Å². The summed E-state index contributed by atoms with van der Waals surface area (Å²) in [6, 6.07) is 7.64. The Morgan fingerprint density at radius 3 is 2.66 bits per heavy atom. The summed E-state index contributed by atoms with van der Waals surface area (Å²) in [7, 11) is 0. The minimum atomic E-state index is -0.397. The Bertz CT molecular complexity index is 1000. The van der Waals surface area contributed by atoms with E-state index in [2.05, 4.69) is 34.7 Å². The van der Waals surface area contributed by atoms with Crippen LogP contribution in [-0.4, -0.2) is 48.0 Å². The maximum atomic E-state index is 13.2. The van der Waals surface area contributed by atoms with Crippen LogP contribution in [0.5, 0.6) is 0 Å². The van der Waals surface area contributed by atoms with Gasteiger partial charge in [0.2, 0.25) is 11.9 Å². The van der Waals surface area contributed by atoms with Crippen molar-refractivity contribution in [2.75, 3.05) is 5.43 Å². The van der Waals surface area contributed by atoms with Gasteiger partial charge in [0, 0.05) is 24.5 Å². The number of para-hydroxylation sites is 2. The largest absolute Gasteiger partial charge is 0.345 e. The number of carbonyl (C=O) groups is 2. The first-order valence-corrected chi connectivity index (χ1v) is 9.85. The zero-order chi connectivity index (χ0) is 20.4.